The average Bonchev–Trinajstić information content (AvgIpc) is 2.15. The molecule has 0 rings (SSSR count). The highest BCUT2D eigenvalue weighted by Crippen LogP contribution is 2.13. The number of aliphatic hydroxyl groups excluding tert-OH is 1. The maximum Gasteiger partial charge on any atom is 0.0623 e. The largest absolute Gasteiger partial charge is 0.394 e. The van der Waals surface area contributed by atoms with E-state index >= 15 is 0 Å². The van der Waals surface area contributed by atoms with Crippen LogP contribution in [0, 0.1) is 5.92 Å². The van der Waals surface area contributed by atoms with Crippen LogP contribution in [0.5, 0.6) is 0 Å². The molecule has 0 aromatic heterocycles. The van der Waals surface area contributed by atoms with Gasteiger partial charge in [-0.25, -0.2) is 0 Å². The third kappa shape index (κ3) is 7.02. The Morgan fingerprint density at radius 1 is 1.18 bits per heavy atom. The lowest BCUT2D eigenvalue weighted by molar-refractivity contribution is 0.103. The summed E-state index contributed by atoms with van der Waals surface area (Å²) in [4.78, 5) is 2.34. The van der Waals surface area contributed by atoms with Crippen molar-refractivity contribution in [2.24, 2.45) is 5.92 Å². The van der Waals surface area contributed by atoms with E-state index in [9.17, 15) is 5.11 Å². The first-order valence-electron chi connectivity index (χ1n) is 6.79. The molecule has 0 spiro atoms. The molecule has 2 unspecified atom stereocenters. The van der Waals surface area contributed by atoms with E-state index in [0.717, 1.165) is 6.54 Å². The Morgan fingerprint density at radius 2 is 1.71 bits per heavy atom. The quantitative estimate of drug-likeness (QED) is 0.686. The number of nitrogens with one attached hydrogen (secondary N) is 1. The molecule has 0 heterocycles. The van der Waals surface area contributed by atoms with Crippen LogP contribution in [0.2, 0.25) is 0 Å². The number of aliphatic hydroxyl groups is 1. The summed E-state index contributed by atoms with van der Waals surface area (Å²) in [5.74, 6) is 0.714. The van der Waals surface area contributed by atoms with Crippen molar-refractivity contribution in [1.82, 2.24) is 10.2 Å². The van der Waals surface area contributed by atoms with Gasteiger partial charge in [-0.1, -0.05) is 27.7 Å². The van der Waals surface area contributed by atoms with E-state index in [1.807, 2.05) is 0 Å². The minimum absolute atomic E-state index is 0.171. The molecule has 0 aromatic carbocycles. The van der Waals surface area contributed by atoms with Gasteiger partial charge in [0.05, 0.1) is 12.1 Å². The summed E-state index contributed by atoms with van der Waals surface area (Å²) in [6.07, 6.45) is 1.19. The number of rotatable bonds is 8. The van der Waals surface area contributed by atoms with Crippen molar-refractivity contribution >= 4 is 0 Å². The predicted octanol–water partition coefficient (Wildman–Crippen LogP) is 2.10. The lowest BCUT2D eigenvalue weighted by atomic mass is 9.98. The summed E-state index contributed by atoms with van der Waals surface area (Å²) in [6.45, 7) is 14.1. The number of hydrogen-bond donors (Lipinski definition) is 2. The van der Waals surface area contributed by atoms with Gasteiger partial charge >= 0.3 is 0 Å². The Hall–Kier alpha value is -0.120. The highest BCUT2D eigenvalue weighted by Gasteiger charge is 2.27. The zero-order valence-corrected chi connectivity index (χ0v) is 12.7. The van der Waals surface area contributed by atoms with Crippen molar-refractivity contribution in [2.45, 2.75) is 65.6 Å². The molecule has 0 aliphatic carbocycles. The fourth-order valence-corrected chi connectivity index (χ4v) is 2.41. The van der Waals surface area contributed by atoms with Crippen LogP contribution in [0.25, 0.3) is 0 Å². The first-order chi connectivity index (χ1) is 7.70. The molecule has 3 nitrogen and oxygen atoms in total. The van der Waals surface area contributed by atoms with E-state index in [-0.39, 0.29) is 12.1 Å². The molecular formula is C14H32N2O. The molecule has 0 amide bonds. The molecule has 0 bridgehead atoms. The number of hydrogen-bond acceptors (Lipinski definition) is 3. The summed E-state index contributed by atoms with van der Waals surface area (Å²) in [7, 11) is 2.14. The minimum atomic E-state index is -0.214. The third-order valence-corrected chi connectivity index (χ3v) is 3.15. The predicted molar refractivity (Wildman–Crippen MR) is 75.3 cm³/mol. The van der Waals surface area contributed by atoms with Crippen molar-refractivity contribution in [3.05, 3.63) is 0 Å². The van der Waals surface area contributed by atoms with Crippen LogP contribution in [0.3, 0.4) is 0 Å². The average molecular weight is 244 g/mol. The lowest BCUT2D eigenvalue weighted by Gasteiger charge is -2.37. The van der Waals surface area contributed by atoms with Gasteiger partial charge in [0.1, 0.15) is 0 Å². The SMILES string of the molecule is CC(C)CC(C)N(C)CC(C)(CO)NC(C)C. The molecule has 2 N–H and O–H groups in total. The number of likely N-dealkylation sites (N-methyl/N-ethyl adjacent to an activating group) is 1. The smallest absolute Gasteiger partial charge is 0.0623 e. The summed E-state index contributed by atoms with van der Waals surface area (Å²) >= 11 is 0. The van der Waals surface area contributed by atoms with Gasteiger partial charge in [-0.05, 0) is 33.2 Å². The van der Waals surface area contributed by atoms with E-state index < -0.39 is 0 Å². The van der Waals surface area contributed by atoms with Crippen molar-refractivity contribution in [2.75, 3.05) is 20.2 Å². The standard InChI is InChI=1S/C14H32N2O/c1-11(2)8-13(5)16(7)9-14(6,10-17)15-12(3)4/h11-13,15,17H,8-10H2,1-7H3. The van der Waals surface area contributed by atoms with Crippen molar-refractivity contribution in [3.63, 3.8) is 0 Å². The molecule has 104 valence electrons. The molecule has 0 aliphatic heterocycles. The van der Waals surface area contributed by atoms with Crippen molar-refractivity contribution in [1.29, 1.82) is 0 Å². The second-order valence-electron chi connectivity index (χ2n) is 6.41. The second-order valence-corrected chi connectivity index (χ2v) is 6.41. The maximum absolute atomic E-state index is 9.56. The van der Waals surface area contributed by atoms with Gasteiger partial charge < -0.3 is 15.3 Å². The molecule has 2 atom stereocenters. The molecule has 0 fully saturated rings. The van der Waals surface area contributed by atoms with Crippen LogP contribution >= 0.6 is 0 Å². The van der Waals surface area contributed by atoms with E-state index in [1.54, 1.807) is 0 Å². The molecule has 3 heteroatoms. The normalized spacial score (nSPS) is 17.8. The zero-order valence-electron chi connectivity index (χ0n) is 12.7. The fourth-order valence-electron chi connectivity index (χ4n) is 2.41. The maximum atomic E-state index is 9.56. The van der Waals surface area contributed by atoms with Crippen LogP contribution in [-0.2, 0) is 0 Å². The highest BCUT2D eigenvalue weighted by molar-refractivity contribution is 4.88. The van der Waals surface area contributed by atoms with Crippen LogP contribution in [0.4, 0.5) is 0 Å². The van der Waals surface area contributed by atoms with Crippen LogP contribution in [0.1, 0.15) is 48.0 Å². The summed E-state index contributed by atoms with van der Waals surface area (Å²) in [5, 5.41) is 13.0. The lowest BCUT2D eigenvalue weighted by Crippen LogP contribution is -2.56. The van der Waals surface area contributed by atoms with Gasteiger partial charge in [-0.3, -0.25) is 0 Å². The molecule has 0 aromatic rings. The zero-order chi connectivity index (χ0) is 13.6. The van der Waals surface area contributed by atoms with E-state index in [0.29, 0.717) is 18.0 Å². The first kappa shape index (κ1) is 16.9. The van der Waals surface area contributed by atoms with Crippen LogP contribution < -0.4 is 5.32 Å². The Bertz CT molecular complexity index is 206. The van der Waals surface area contributed by atoms with Gasteiger partial charge in [0.2, 0.25) is 0 Å². The van der Waals surface area contributed by atoms with Crippen molar-refractivity contribution in [3.8, 4) is 0 Å². The fraction of sp³-hybridized carbons (Fsp3) is 1.00. The Labute approximate surface area is 108 Å². The topological polar surface area (TPSA) is 35.5 Å². The molecule has 0 saturated carbocycles. The van der Waals surface area contributed by atoms with E-state index in [1.165, 1.54) is 6.42 Å². The van der Waals surface area contributed by atoms with Gasteiger partial charge in [0, 0.05) is 18.6 Å². The Kier molecular flexibility index (Phi) is 7.29. The van der Waals surface area contributed by atoms with Crippen LogP contribution in [0.15, 0.2) is 0 Å². The molecule has 0 aliphatic rings. The summed E-state index contributed by atoms with van der Waals surface area (Å²) in [5.41, 5.74) is -0.214. The molecule has 17 heavy (non-hydrogen) atoms. The first-order valence-corrected chi connectivity index (χ1v) is 6.79. The number of nitrogens with zero attached hydrogens (tertiary/aromatic N) is 1. The van der Waals surface area contributed by atoms with Crippen LogP contribution in [-0.4, -0.2) is 47.8 Å². The highest BCUT2D eigenvalue weighted by atomic mass is 16.3. The molecule has 0 saturated heterocycles. The van der Waals surface area contributed by atoms with Gasteiger partial charge in [0.25, 0.3) is 0 Å². The van der Waals surface area contributed by atoms with Gasteiger partial charge in [-0.15, -0.1) is 0 Å². The minimum Gasteiger partial charge on any atom is -0.394 e. The van der Waals surface area contributed by atoms with E-state index in [2.05, 4.69) is 58.8 Å². The monoisotopic (exact) mass is 244 g/mol. The third-order valence-electron chi connectivity index (χ3n) is 3.15. The Balaban J connectivity index is 4.35. The summed E-state index contributed by atoms with van der Waals surface area (Å²) in [6, 6.07) is 0.941. The molecular weight excluding hydrogens is 212 g/mol. The van der Waals surface area contributed by atoms with Gasteiger partial charge in [0.15, 0.2) is 0 Å². The Morgan fingerprint density at radius 3 is 2.06 bits per heavy atom. The van der Waals surface area contributed by atoms with E-state index in [4.69, 9.17) is 0 Å². The second kappa shape index (κ2) is 7.34. The van der Waals surface area contributed by atoms with Gasteiger partial charge in [-0.2, -0.15) is 0 Å². The van der Waals surface area contributed by atoms with Crippen molar-refractivity contribution < 1.29 is 5.11 Å². The summed E-state index contributed by atoms with van der Waals surface area (Å²) < 4.78 is 0. The molecule has 0 radical (unpaired) electrons.